The topological polar surface area (TPSA) is 65.7 Å². The summed E-state index contributed by atoms with van der Waals surface area (Å²) in [4.78, 5) is 2.35. The minimum absolute atomic E-state index is 0.276. The zero-order chi connectivity index (χ0) is 28.9. The first-order valence-corrected chi connectivity index (χ1v) is 15.1. The van der Waals surface area contributed by atoms with Gasteiger partial charge in [-0.3, -0.25) is 4.90 Å². The quantitative estimate of drug-likeness (QED) is 0.237. The molecule has 1 aliphatic heterocycles. The lowest BCUT2D eigenvalue weighted by molar-refractivity contribution is 0.0661. The van der Waals surface area contributed by atoms with Gasteiger partial charge >= 0.3 is 0 Å². The molecule has 1 saturated heterocycles. The molecule has 1 fully saturated rings. The number of aliphatic hydroxyl groups excluding tert-OH is 1. The molecule has 1 heterocycles. The monoisotopic (exact) mass is 558 g/mol. The van der Waals surface area contributed by atoms with Gasteiger partial charge in [-0.2, -0.15) is 5.26 Å². The number of rotatable bonds is 9. The lowest BCUT2D eigenvalue weighted by Gasteiger charge is -2.31. The Morgan fingerprint density at radius 3 is 2.52 bits per heavy atom. The Morgan fingerprint density at radius 1 is 0.881 bits per heavy atom. The summed E-state index contributed by atoms with van der Waals surface area (Å²) >= 11 is 0. The van der Waals surface area contributed by atoms with Gasteiger partial charge in [0.25, 0.3) is 0 Å². The molecule has 0 spiro atoms. The van der Waals surface area contributed by atoms with Crippen molar-refractivity contribution in [3.63, 3.8) is 0 Å². The third kappa shape index (κ3) is 6.21. The summed E-state index contributed by atoms with van der Waals surface area (Å²) in [5.74, 6) is 1.73. The molecule has 6 rings (SSSR count). The number of fused-ring (bicyclic) bond motifs is 1. The SMILES string of the molecule is Cc1c(COc2cc(OCc3cccc(C#N)c3)c(CN3CCCC(O)C3)c3c2CCC3)cccc1-c1ccccc1. The molecule has 4 aromatic rings. The Bertz CT molecular complexity index is 1590. The van der Waals surface area contributed by atoms with E-state index in [-0.39, 0.29) is 6.10 Å². The summed E-state index contributed by atoms with van der Waals surface area (Å²) in [5, 5.41) is 19.7. The molecule has 1 atom stereocenters. The first-order chi connectivity index (χ1) is 20.6. The first kappa shape index (κ1) is 28.0. The Labute approximate surface area is 249 Å². The van der Waals surface area contributed by atoms with Crippen LogP contribution in [0.1, 0.15) is 58.2 Å². The van der Waals surface area contributed by atoms with Gasteiger partial charge in [-0.15, -0.1) is 0 Å². The molecule has 1 unspecified atom stereocenters. The molecular formula is C37H38N2O3. The molecule has 1 N–H and O–H groups in total. The molecule has 0 radical (unpaired) electrons. The van der Waals surface area contributed by atoms with Crippen molar-refractivity contribution in [3.05, 3.63) is 118 Å². The molecule has 0 amide bonds. The van der Waals surface area contributed by atoms with Crippen LogP contribution in [0, 0.1) is 18.3 Å². The second-order valence-corrected chi connectivity index (χ2v) is 11.5. The van der Waals surface area contributed by atoms with Crippen LogP contribution in [-0.2, 0) is 32.6 Å². The van der Waals surface area contributed by atoms with Crippen molar-refractivity contribution >= 4 is 0 Å². The third-order valence-electron chi connectivity index (χ3n) is 8.67. The highest BCUT2D eigenvalue weighted by Crippen LogP contribution is 2.41. The molecule has 0 aromatic heterocycles. The number of hydrogen-bond acceptors (Lipinski definition) is 5. The number of β-amino-alcohol motifs (C(OH)–C–C–N with tert-alkyl or cyclic N) is 1. The Morgan fingerprint density at radius 2 is 1.69 bits per heavy atom. The van der Waals surface area contributed by atoms with Crippen LogP contribution in [0.25, 0.3) is 11.1 Å². The Balaban J connectivity index is 1.30. The molecule has 0 saturated carbocycles. The van der Waals surface area contributed by atoms with Gasteiger partial charge in [0, 0.05) is 24.7 Å². The minimum Gasteiger partial charge on any atom is -0.488 e. The fraction of sp³-hybridized carbons (Fsp3) is 0.324. The van der Waals surface area contributed by atoms with Crippen molar-refractivity contribution in [1.82, 2.24) is 4.90 Å². The lowest BCUT2D eigenvalue weighted by Crippen LogP contribution is -2.38. The van der Waals surface area contributed by atoms with Crippen LogP contribution >= 0.6 is 0 Å². The predicted octanol–water partition coefficient (Wildman–Crippen LogP) is 7.14. The Kier molecular flexibility index (Phi) is 8.55. The zero-order valence-corrected chi connectivity index (χ0v) is 24.3. The van der Waals surface area contributed by atoms with Crippen molar-refractivity contribution in [2.24, 2.45) is 0 Å². The highest BCUT2D eigenvalue weighted by atomic mass is 16.5. The molecule has 2 aliphatic rings. The first-order valence-electron chi connectivity index (χ1n) is 15.1. The predicted molar refractivity (Wildman–Crippen MR) is 165 cm³/mol. The molecular weight excluding hydrogens is 520 g/mol. The van der Waals surface area contributed by atoms with E-state index in [1.165, 1.54) is 38.9 Å². The number of ether oxygens (including phenoxy) is 2. The van der Waals surface area contributed by atoms with Crippen LogP contribution in [0.2, 0.25) is 0 Å². The van der Waals surface area contributed by atoms with E-state index in [9.17, 15) is 10.4 Å². The summed E-state index contributed by atoms with van der Waals surface area (Å²) in [6.45, 7) is 5.46. The van der Waals surface area contributed by atoms with Crippen molar-refractivity contribution in [2.75, 3.05) is 13.1 Å². The summed E-state index contributed by atoms with van der Waals surface area (Å²) in [7, 11) is 0. The van der Waals surface area contributed by atoms with E-state index in [4.69, 9.17) is 9.47 Å². The van der Waals surface area contributed by atoms with Crippen LogP contribution in [0.4, 0.5) is 0 Å². The maximum Gasteiger partial charge on any atom is 0.128 e. The minimum atomic E-state index is -0.276. The second-order valence-electron chi connectivity index (χ2n) is 11.5. The second kappa shape index (κ2) is 12.8. The number of benzene rings is 4. The lowest BCUT2D eigenvalue weighted by atomic mass is 9.96. The summed E-state index contributed by atoms with van der Waals surface area (Å²) < 4.78 is 13.2. The molecule has 4 aromatic carbocycles. The maximum absolute atomic E-state index is 10.3. The zero-order valence-electron chi connectivity index (χ0n) is 24.3. The van der Waals surface area contributed by atoms with E-state index in [0.717, 1.165) is 62.3 Å². The smallest absolute Gasteiger partial charge is 0.128 e. The van der Waals surface area contributed by atoms with E-state index in [0.29, 0.717) is 25.3 Å². The van der Waals surface area contributed by atoms with Gasteiger partial charge < -0.3 is 14.6 Å². The molecule has 5 nitrogen and oxygen atoms in total. The maximum atomic E-state index is 10.3. The van der Waals surface area contributed by atoms with E-state index in [1.54, 1.807) is 0 Å². The molecule has 1 aliphatic carbocycles. The van der Waals surface area contributed by atoms with Crippen LogP contribution < -0.4 is 9.47 Å². The van der Waals surface area contributed by atoms with E-state index in [1.807, 2.05) is 30.3 Å². The summed E-state index contributed by atoms with van der Waals surface area (Å²) in [6, 6.07) is 28.8. The van der Waals surface area contributed by atoms with Gasteiger partial charge in [0.15, 0.2) is 0 Å². The fourth-order valence-electron chi connectivity index (χ4n) is 6.44. The third-order valence-corrected chi connectivity index (χ3v) is 8.67. The summed E-state index contributed by atoms with van der Waals surface area (Å²) in [6.07, 6.45) is 4.68. The van der Waals surface area contributed by atoms with Crippen molar-refractivity contribution in [3.8, 4) is 28.7 Å². The van der Waals surface area contributed by atoms with Crippen molar-refractivity contribution < 1.29 is 14.6 Å². The van der Waals surface area contributed by atoms with Gasteiger partial charge in [0.05, 0.1) is 17.7 Å². The summed E-state index contributed by atoms with van der Waals surface area (Å²) in [5.41, 5.74) is 10.3. The van der Waals surface area contributed by atoms with Crippen LogP contribution in [-0.4, -0.2) is 29.2 Å². The van der Waals surface area contributed by atoms with Gasteiger partial charge in [0.2, 0.25) is 0 Å². The molecule has 42 heavy (non-hydrogen) atoms. The van der Waals surface area contributed by atoms with Gasteiger partial charge in [-0.1, -0.05) is 60.7 Å². The van der Waals surface area contributed by atoms with Crippen LogP contribution in [0.15, 0.2) is 78.9 Å². The van der Waals surface area contributed by atoms with Gasteiger partial charge in [-0.25, -0.2) is 0 Å². The molecule has 5 heteroatoms. The fourth-order valence-corrected chi connectivity index (χ4v) is 6.44. The largest absolute Gasteiger partial charge is 0.488 e. The standard InChI is InChI=1S/C37H38N2O3/c1-26-30(13-6-15-32(26)29-11-3-2-4-12-29)25-42-36-20-37(41-24-28-10-5-9-27(19-28)21-38)35(33-16-7-17-34(33)36)23-39-18-8-14-31(40)22-39/h2-6,9-13,15,19-20,31,40H,7-8,14,16-18,22-25H2,1H3. The Hall–Kier alpha value is -4.11. The van der Waals surface area contributed by atoms with Gasteiger partial charge in [-0.05, 0) is 96.6 Å². The number of piperidine rings is 1. The average Bonchev–Trinajstić information content (AvgIpc) is 3.52. The number of nitrogens with zero attached hydrogens (tertiary/aromatic N) is 2. The normalized spacial score (nSPS) is 16.5. The van der Waals surface area contributed by atoms with Crippen molar-refractivity contribution in [1.29, 1.82) is 5.26 Å². The van der Waals surface area contributed by atoms with E-state index in [2.05, 4.69) is 66.4 Å². The number of aliphatic hydroxyl groups is 1. The average molecular weight is 559 g/mol. The van der Waals surface area contributed by atoms with Gasteiger partial charge in [0.1, 0.15) is 24.7 Å². The number of nitriles is 1. The number of likely N-dealkylation sites (tertiary alicyclic amines) is 1. The van der Waals surface area contributed by atoms with Crippen molar-refractivity contribution in [2.45, 2.75) is 64.9 Å². The number of hydrogen-bond donors (Lipinski definition) is 1. The van der Waals surface area contributed by atoms with E-state index < -0.39 is 0 Å². The molecule has 0 bridgehead atoms. The van der Waals surface area contributed by atoms with Crippen LogP contribution in [0.5, 0.6) is 11.5 Å². The molecule has 214 valence electrons. The highest BCUT2D eigenvalue weighted by Gasteiger charge is 2.27. The van der Waals surface area contributed by atoms with E-state index >= 15 is 0 Å². The highest BCUT2D eigenvalue weighted by molar-refractivity contribution is 5.68. The van der Waals surface area contributed by atoms with Crippen LogP contribution in [0.3, 0.4) is 0 Å².